The maximum atomic E-state index is 5.73. The highest BCUT2D eigenvalue weighted by molar-refractivity contribution is 5.69. The Kier molecular flexibility index (Phi) is 4.69. The molecule has 0 radical (unpaired) electrons. The van der Waals surface area contributed by atoms with Gasteiger partial charge in [-0.25, -0.2) is 4.68 Å². The first kappa shape index (κ1) is 14.5. The molecule has 1 aromatic carbocycles. The first-order valence-electron chi connectivity index (χ1n) is 6.97. The summed E-state index contributed by atoms with van der Waals surface area (Å²) in [6.45, 7) is 7.67. The number of aromatic nitrogens is 3. The van der Waals surface area contributed by atoms with Crippen LogP contribution in [-0.2, 0) is 13.1 Å². The second-order valence-corrected chi connectivity index (χ2v) is 5.45. The molecule has 0 aliphatic carbocycles. The molecule has 0 atom stereocenters. The molecule has 0 aliphatic rings. The molecule has 0 fully saturated rings. The fraction of sp³-hybridized carbons (Fsp3) is 0.375. The SMILES string of the molecule is Cc1ccc(/C=C/c2c(CN)nnn2CC(C)C)cc1. The highest BCUT2D eigenvalue weighted by Gasteiger charge is 2.09. The molecule has 106 valence electrons. The lowest BCUT2D eigenvalue weighted by molar-refractivity contribution is 0.469. The molecule has 1 heterocycles. The van der Waals surface area contributed by atoms with Crippen LogP contribution in [0.3, 0.4) is 0 Å². The summed E-state index contributed by atoms with van der Waals surface area (Å²) in [4.78, 5) is 0. The van der Waals surface area contributed by atoms with Gasteiger partial charge in [-0.3, -0.25) is 0 Å². The maximum absolute atomic E-state index is 5.73. The van der Waals surface area contributed by atoms with Crippen LogP contribution in [-0.4, -0.2) is 15.0 Å². The van der Waals surface area contributed by atoms with Gasteiger partial charge in [-0.2, -0.15) is 0 Å². The summed E-state index contributed by atoms with van der Waals surface area (Å²) in [7, 11) is 0. The van der Waals surface area contributed by atoms with E-state index in [4.69, 9.17) is 5.73 Å². The zero-order valence-corrected chi connectivity index (χ0v) is 12.4. The zero-order valence-electron chi connectivity index (χ0n) is 12.4. The molecule has 2 N–H and O–H groups in total. The molecule has 0 aliphatic heterocycles. The number of hydrogen-bond acceptors (Lipinski definition) is 3. The van der Waals surface area contributed by atoms with Crippen molar-refractivity contribution in [2.45, 2.75) is 33.9 Å². The fourth-order valence-electron chi connectivity index (χ4n) is 2.02. The van der Waals surface area contributed by atoms with E-state index >= 15 is 0 Å². The lowest BCUT2D eigenvalue weighted by Gasteiger charge is -2.06. The molecule has 2 aromatic rings. The molecule has 0 saturated carbocycles. The number of benzene rings is 1. The Balaban J connectivity index is 2.26. The van der Waals surface area contributed by atoms with E-state index in [0.29, 0.717) is 12.5 Å². The van der Waals surface area contributed by atoms with Gasteiger partial charge >= 0.3 is 0 Å². The summed E-state index contributed by atoms with van der Waals surface area (Å²) in [6.07, 6.45) is 4.13. The van der Waals surface area contributed by atoms with Crippen molar-refractivity contribution in [1.29, 1.82) is 0 Å². The number of rotatable bonds is 5. The van der Waals surface area contributed by atoms with E-state index in [1.807, 2.05) is 4.68 Å². The molecule has 0 bridgehead atoms. The van der Waals surface area contributed by atoms with Gasteiger partial charge in [0.15, 0.2) is 0 Å². The van der Waals surface area contributed by atoms with Crippen molar-refractivity contribution in [2.24, 2.45) is 11.7 Å². The van der Waals surface area contributed by atoms with Crippen molar-refractivity contribution in [3.05, 3.63) is 46.8 Å². The second kappa shape index (κ2) is 6.48. The van der Waals surface area contributed by atoms with E-state index in [2.05, 4.69) is 67.5 Å². The standard InChI is InChI=1S/C16H22N4/c1-12(2)11-20-16(15(10-17)18-19-20)9-8-14-6-4-13(3)5-7-14/h4-9,12H,10-11,17H2,1-3H3/b9-8+. The van der Waals surface area contributed by atoms with E-state index in [1.54, 1.807) is 0 Å². The first-order chi connectivity index (χ1) is 9.60. The molecule has 4 heteroatoms. The van der Waals surface area contributed by atoms with Crippen LogP contribution in [0, 0.1) is 12.8 Å². The molecule has 20 heavy (non-hydrogen) atoms. The lowest BCUT2D eigenvalue weighted by Crippen LogP contribution is -2.08. The van der Waals surface area contributed by atoms with Gasteiger partial charge in [0, 0.05) is 13.1 Å². The molecule has 0 spiro atoms. The number of hydrogen-bond donors (Lipinski definition) is 1. The minimum atomic E-state index is 0.408. The summed E-state index contributed by atoms with van der Waals surface area (Å²) in [6, 6.07) is 8.41. The normalized spacial score (nSPS) is 11.7. The van der Waals surface area contributed by atoms with Crippen LogP contribution in [0.2, 0.25) is 0 Å². The quantitative estimate of drug-likeness (QED) is 0.909. The van der Waals surface area contributed by atoms with Gasteiger partial charge in [0.2, 0.25) is 0 Å². The van der Waals surface area contributed by atoms with Gasteiger partial charge in [0.05, 0.1) is 5.69 Å². The molecule has 0 unspecified atom stereocenters. The average Bonchev–Trinajstić information content (AvgIpc) is 2.79. The van der Waals surface area contributed by atoms with Crippen LogP contribution in [0.1, 0.15) is 36.4 Å². The van der Waals surface area contributed by atoms with E-state index in [-0.39, 0.29) is 0 Å². The van der Waals surface area contributed by atoms with Gasteiger partial charge in [-0.05, 0) is 24.5 Å². The molecular formula is C16H22N4. The van der Waals surface area contributed by atoms with E-state index < -0.39 is 0 Å². The van der Waals surface area contributed by atoms with Crippen molar-refractivity contribution >= 4 is 12.2 Å². The van der Waals surface area contributed by atoms with Crippen LogP contribution >= 0.6 is 0 Å². The van der Waals surface area contributed by atoms with E-state index in [1.165, 1.54) is 5.56 Å². The molecule has 0 saturated heterocycles. The molecule has 1 aromatic heterocycles. The Morgan fingerprint density at radius 1 is 1.20 bits per heavy atom. The van der Waals surface area contributed by atoms with Gasteiger partial charge in [0.1, 0.15) is 5.69 Å². The summed E-state index contributed by atoms with van der Waals surface area (Å²) >= 11 is 0. The zero-order chi connectivity index (χ0) is 14.5. The monoisotopic (exact) mass is 270 g/mol. The van der Waals surface area contributed by atoms with E-state index in [0.717, 1.165) is 23.5 Å². The minimum absolute atomic E-state index is 0.408. The van der Waals surface area contributed by atoms with Gasteiger partial charge in [0.25, 0.3) is 0 Å². The highest BCUT2D eigenvalue weighted by atomic mass is 15.4. The van der Waals surface area contributed by atoms with Gasteiger partial charge in [-0.1, -0.05) is 55.0 Å². The summed E-state index contributed by atoms with van der Waals surface area (Å²) in [5.74, 6) is 0.522. The van der Waals surface area contributed by atoms with Gasteiger partial charge < -0.3 is 5.73 Å². The predicted molar refractivity (Wildman–Crippen MR) is 82.9 cm³/mol. The third kappa shape index (κ3) is 3.54. The summed E-state index contributed by atoms with van der Waals surface area (Å²) in [5.41, 5.74) is 10.0. The Morgan fingerprint density at radius 2 is 1.90 bits per heavy atom. The Labute approximate surface area is 120 Å². The first-order valence-corrected chi connectivity index (χ1v) is 6.97. The van der Waals surface area contributed by atoms with Crippen molar-refractivity contribution < 1.29 is 0 Å². The van der Waals surface area contributed by atoms with Crippen molar-refractivity contribution in [1.82, 2.24) is 15.0 Å². The van der Waals surface area contributed by atoms with E-state index in [9.17, 15) is 0 Å². The summed E-state index contributed by atoms with van der Waals surface area (Å²) < 4.78 is 1.93. The number of nitrogens with two attached hydrogens (primary N) is 1. The second-order valence-electron chi connectivity index (χ2n) is 5.45. The number of aryl methyl sites for hydroxylation is 1. The van der Waals surface area contributed by atoms with Gasteiger partial charge in [-0.15, -0.1) is 5.10 Å². The van der Waals surface area contributed by atoms with Crippen molar-refractivity contribution in [3.63, 3.8) is 0 Å². The maximum Gasteiger partial charge on any atom is 0.104 e. The third-order valence-electron chi connectivity index (χ3n) is 3.09. The predicted octanol–water partition coefficient (Wildman–Crippen LogP) is 2.87. The molecule has 0 amide bonds. The van der Waals surface area contributed by atoms with Crippen LogP contribution in [0.4, 0.5) is 0 Å². The highest BCUT2D eigenvalue weighted by Crippen LogP contribution is 2.13. The Morgan fingerprint density at radius 3 is 2.50 bits per heavy atom. The molecule has 4 nitrogen and oxygen atoms in total. The number of nitrogens with zero attached hydrogens (tertiary/aromatic N) is 3. The Hall–Kier alpha value is -1.94. The fourth-order valence-corrected chi connectivity index (χ4v) is 2.02. The van der Waals surface area contributed by atoms with Crippen LogP contribution < -0.4 is 5.73 Å². The average molecular weight is 270 g/mol. The largest absolute Gasteiger partial charge is 0.325 e. The van der Waals surface area contributed by atoms with Crippen LogP contribution in [0.5, 0.6) is 0 Å². The topological polar surface area (TPSA) is 56.7 Å². The van der Waals surface area contributed by atoms with Crippen molar-refractivity contribution in [3.8, 4) is 0 Å². The summed E-state index contributed by atoms with van der Waals surface area (Å²) in [5, 5.41) is 8.34. The van der Waals surface area contributed by atoms with Crippen LogP contribution in [0.15, 0.2) is 24.3 Å². The lowest BCUT2D eigenvalue weighted by atomic mass is 10.1. The third-order valence-corrected chi connectivity index (χ3v) is 3.09. The molecular weight excluding hydrogens is 248 g/mol. The molecule has 2 rings (SSSR count). The van der Waals surface area contributed by atoms with Crippen molar-refractivity contribution in [2.75, 3.05) is 0 Å². The van der Waals surface area contributed by atoms with Crippen LogP contribution in [0.25, 0.3) is 12.2 Å². The smallest absolute Gasteiger partial charge is 0.104 e. The minimum Gasteiger partial charge on any atom is -0.325 e. The Bertz CT molecular complexity index is 579.